The van der Waals surface area contributed by atoms with Gasteiger partial charge >= 0.3 is 0 Å². The van der Waals surface area contributed by atoms with E-state index in [0.717, 1.165) is 25.9 Å². The number of nitrogens with zero attached hydrogens (tertiary/aromatic N) is 1. The predicted molar refractivity (Wildman–Crippen MR) is 97.5 cm³/mol. The van der Waals surface area contributed by atoms with Crippen molar-refractivity contribution in [1.29, 1.82) is 0 Å². The molecule has 4 aliphatic rings. The number of rotatable bonds is 2. The molecule has 0 aromatic carbocycles. The molecule has 0 aromatic heterocycles. The number of fused-ring (bicyclic) bond motifs is 2. The van der Waals surface area contributed by atoms with Gasteiger partial charge in [0, 0.05) is 25.2 Å². The summed E-state index contributed by atoms with van der Waals surface area (Å²) in [6.45, 7) is 4.38. The van der Waals surface area contributed by atoms with Gasteiger partial charge in [-0.2, -0.15) is 0 Å². The minimum Gasteiger partial charge on any atom is -0.351 e. The molecule has 4 nitrogen and oxygen atoms in total. The number of amides is 1. The fraction of sp³-hybridized carbons (Fsp3) is 0.941. The second kappa shape index (κ2) is 7.90. The van der Waals surface area contributed by atoms with E-state index in [-0.39, 0.29) is 30.2 Å². The van der Waals surface area contributed by atoms with Gasteiger partial charge in [-0.25, -0.2) is 0 Å². The normalized spacial score (nSPS) is 39.6. The quantitative estimate of drug-likeness (QED) is 0.791. The maximum atomic E-state index is 13.1. The van der Waals surface area contributed by atoms with Crippen LogP contribution in [0.15, 0.2) is 0 Å². The Bertz CT molecular complexity index is 423. The van der Waals surface area contributed by atoms with Gasteiger partial charge in [-0.15, -0.1) is 24.8 Å². The Labute approximate surface area is 152 Å². The number of piperidine rings is 1. The molecular formula is C17H31Cl2N3O. The van der Waals surface area contributed by atoms with Crippen LogP contribution in [0.3, 0.4) is 0 Å². The van der Waals surface area contributed by atoms with Gasteiger partial charge in [0.05, 0.1) is 5.41 Å². The predicted octanol–water partition coefficient (Wildman–Crippen LogP) is 2.35. The van der Waals surface area contributed by atoms with Gasteiger partial charge < -0.3 is 10.6 Å². The van der Waals surface area contributed by atoms with Crippen molar-refractivity contribution in [3.63, 3.8) is 0 Å². The SMILES string of the molecule is Cl.Cl.O=C(NC1CCN2CCCCC12)[C@@]12CCCC[C@H]1CNC2. The maximum absolute atomic E-state index is 13.1. The Morgan fingerprint density at radius 2 is 1.87 bits per heavy atom. The highest BCUT2D eigenvalue weighted by molar-refractivity contribution is 5.85. The summed E-state index contributed by atoms with van der Waals surface area (Å²) in [6.07, 6.45) is 9.98. The van der Waals surface area contributed by atoms with Gasteiger partial charge in [0.15, 0.2) is 0 Å². The fourth-order valence-corrected chi connectivity index (χ4v) is 5.42. The van der Waals surface area contributed by atoms with Gasteiger partial charge in [0.2, 0.25) is 5.91 Å². The first kappa shape index (κ1) is 19.3. The van der Waals surface area contributed by atoms with Crippen LogP contribution in [0, 0.1) is 11.3 Å². The van der Waals surface area contributed by atoms with Crippen LogP contribution in [-0.2, 0) is 4.79 Å². The highest BCUT2D eigenvalue weighted by Crippen LogP contribution is 2.44. The lowest BCUT2D eigenvalue weighted by atomic mass is 9.67. The molecule has 3 saturated heterocycles. The molecule has 2 unspecified atom stereocenters. The summed E-state index contributed by atoms with van der Waals surface area (Å²) in [6, 6.07) is 1.03. The van der Waals surface area contributed by atoms with Crippen molar-refractivity contribution in [2.75, 3.05) is 26.2 Å². The summed E-state index contributed by atoms with van der Waals surface area (Å²) in [5.74, 6) is 0.949. The van der Waals surface area contributed by atoms with Crippen LogP contribution in [0.1, 0.15) is 51.4 Å². The first-order valence-electron chi connectivity index (χ1n) is 9.05. The zero-order valence-corrected chi connectivity index (χ0v) is 15.5. The number of hydrogen-bond acceptors (Lipinski definition) is 3. The molecule has 0 aromatic rings. The van der Waals surface area contributed by atoms with Crippen molar-refractivity contribution in [2.24, 2.45) is 11.3 Å². The molecular weight excluding hydrogens is 333 g/mol. The Kier molecular flexibility index (Phi) is 6.63. The molecule has 2 N–H and O–H groups in total. The summed E-state index contributed by atoms with van der Waals surface area (Å²) >= 11 is 0. The van der Waals surface area contributed by atoms with Crippen molar-refractivity contribution in [1.82, 2.24) is 15.5 Å². The third kappa shape index (κ3) is 3.37. The van der Waals surface area contributed by atoms with Gasteiger partial charge in [0.1, 0.15) is 0 Å². The molecule has 1 saturated carbocycles. The summed E-state index contributed by atoms with van der Waals surface area (Å²) in [5.41, 5.74) is -0.0830. The van der Waals surface area contributed by atoms with E-state index in [0.29, 0.717) is 23.9 Å². The average Bonchev–Trinajstić information content (AvgIpc) is 3.12. The number of nitrogens with one attached hydrogen (secondary N) is 2. The molecule has 0 spiro atoms. The van der Waals surface area contributed by atoms with Crippen molar-refractivity contribution in [3.8, 4) is 0 Å². The fourth-order valence-electron chi connectivity index (χ4n) is 5.42. The van der Waals surface area contributed by atoms with Crippen LogP contribution in [0.4, 0.5) is 0 Å². The van der Waals surface area contributed by atoms with E-state index in [1.807, 2.05) is 0 Å². The van der Waals surface area contributed by atoms with Crippen LogP contribution >= 0.6 is 24.8 Å². The van der Waals surface area contributed by atoms with E-state index < -0.39 is 0 Å². The summed E-state index contributed by atoms with van der Waals surface area (Å²) in [4.78, 5) is 15.7. The Balaban J connectivity index is 0.000000960. The standard InChI is InChI=1S/C17H29N3O.2ClH/c21-16(17-8-3-1-5-13(17)11-18-12-17)19-14-7-10-20-9-4-2-6-15(14)20;;/h13-15,18H,1-12H2,(H,19,21);2*1H/t13-,14?,15?,17+;;/m0../s1. The zero-order chi connectivity index (χ0) is 14.3. The van der Waals surface area contributed by atoms with E-state index in [1.165, 1.54) is 51.6 Å². The number of carbonyl (C=O) groups excluding carboxylic acids is 1. The summed E-state index contributed by atoms with van der Waals surface area (Å²) in [7, 11) is 0. The van der Waals surface area contributed by atoms with E-state index >= 15 is 0 Å². The van der Waals surface area contributed by atoms with Gasteiger partial charge in [-0.05, 0) is 51.1 Å². The maximum Gasteiger partial charge on any atom is 0.228 e. The molecule has 3 aliphatic heterocycles. The van der Waals surface area contributed by atoms with E-state index in [2.05, 4.69) is 15.5 Å². The number of halogens is 2. The first-order chi connectivity index (χ1) is 10.3. The molecule has 1 aliphatic carbocycles. The summed E-state index contributed by atoms with van der Waals surface area (Å²) in [5, 5.41) is 6.99. The Morgan fingerprint density at radius 1 is 1.04 bits per heavy atom. The van der Waals surface area contributed by atoms with Gasteiger partial charge in [-0.1, -0.05) is 19.3 Å². The van der Waals surface area contributed by atoms with E-state index in [1.54, 1.807) is 0 Å². The lowest BCUT2D eigenvalue weighted by Gasteiger charge is -2.39. The molecule has 3 heterocycles. The van der Waals surface area contributed by atoms with Crippen LogP contribution in [0.5, 0.6) is 0 Å². The van der Waals surface area contributed by atoms with E-state index in [9.17, 15) is 4.79 Å². The van der Waals surface area contributed by atoms with E-state index in [4.69, 9.17) is 0 Å². The lowest BCUT2D eigenvalue weighted by molar-refractivity contribution is -0.135. The molecule has 23 heavy (non-hydrogen) atoms. The second-order valence-electron chi connectivity index (χ2n) is 7.70. The largest absolute Gasteiger partial charge is 0.351 e. The van der Waals surface area contributed by atoms with Crippen LogP contribution in [0.25, 0.3) is 0 Å². The van der Waals surface area contributed by atoms with Crippen LogP contribution in [-0.4, -0.2) is 49.1 Å². The van der Waals surface area contributed by atoms with Gasteiger partial charge in [0.25, 0.3) is 0 Å². The number of hydrogen-bond donors (Lipinski definition) is 2. The molecule has 6 heteroatoms. The Morgan fingerprint density at radius 3 is 2.74 bits per heavy atom. The molecule has 4 atom stereocenters. The monoisotopic (exact) mass is 363 g/mol. The first-order valence-corrected chi connectivity index (χ1v) is 9.05. The van der Waals surface area contributed by atoms with Crippen molar-refractivity contribution in [2.45, 2.75) is 63.5 Å². The molecule has 4 fully saturated rings. The highest BCUT2D eigenvalue weighted by Gasteiger charge is 2.51. The van der Waals surface area contributed by atoms with Crippen LogP contribution in [0.2, 0.25) is 0 Å². The van der Waals surface area contributed by atoms with Gasteiger partial charge in [-0.3, -0.25) is 9.69 Å². The second-order valence-corrected chi connectivity index (χ2v) is 7.70. The molecule has 1 amide bonds. The summed E-state index contributed by atoms with van der Waals surface area (Å²) < 4.78 is 0. The lowest BCUT2D eigenvalue weighted by Crippen LogP contribution is -2.54. The van der Waals surface area contributed by atoms with Crippen molar-refractivity contribution in [3.05, 3.63) is 0 Å². The third-order valence-corrected chi connectivity index (χ3v) is 6.66. The number of carbonyl (C=O) groups is 1. The molecule has 0 radical (unpaired) electrons. The molecule has 0 bridgehead atoms. The highest BCUT2D eigenvalue weighted by atomic mass is 35.5. The average molecular weight is 364 g/mol. The third-order valence-electron chi connectivity index (χ3n) is 6.66. The Hall–Kier alpha value is -0.0300. The topological polar surface area (TPSA) is 44.4 Å². The van der Waals surface area contributed by atoms with Crippen molar-refractivity contribution < 1.29 is 4.79 Å². The smallest absolute Gasteiger partial charge is 0.228 e. The zero-order valence-electron chi connectivity index (χ0n) is 13.9. The minimum atomic E-state index is -0.0830. The van der Waals surface area contributed by atoms with Crippen molar-refractivity contribution >= 4 is 30.7 Å². The van der Waals surface area contributed by atoms with Crippen LogP contribution < -0.4 is 10.6 Å². The molecule has 4 rings (SSSR count). The minimum absolute atomic E-state index is 0. The molecule has 134 valence electrons.